The first kappa shape index (κ1) is 11.9. The first-order valence-electron chi connectivity index (χ1n) is 4.65. The van der Waals surface area contributed by atoms with Crippen LogP contribution in [0.1, 0.15) is 39.0 Å². The summed E-state index contributed by atoms with van der Waals surface area (Å²) in [6, 6.07) is 0. The summed E-state index contributed by atoms with van der Waals surface area (Å²) in [4.78, 5) is 21.1. The molecule has 0 saturated carbocycles. The molecule has 0 atom stereocenters. The van der Waals surface area contributed by atoms with Gasteiger partial charge in [0.2, 0.25) is 5.91 Å². The Morgan fingerprint density at radius 2 is 1.92 bits per heavy atom. The molecular weight excluding hydrogens is 170 g/mol. The van der Waals surface area contributed by atoms with Crippen molar-refractivity contribution in [2.24, 2.45) is 0 Å². The molecule has 2 N–H and O–H groups in total. The number of carbonyl (C=O) groups is 2. The van der Waals surface area contributed by atoms with Gasteiger partial charge in [-0.25, -0.2) is 0 Å². The molecule has 0 fully saturated rings. The van der Waals surface area contributed by atoms with E-state index in [0.29, 0.717) is 19.4 Å². The van der Waals surface area contributed by atoms with Crippen LogP contribution in [0.4, 0.5) is 0 Å². The van der Waals surface area contributed by atoms with Gasteiger partial charge >= 0.3 is 5.97 Å². The number of aliphatic carboxylic acids is 1. The van der Waals surface area contributed by atoms with Crippen LogP contribution in [0.25, 0.3) is 0 Å². The molecule has 0 aliphatic carbocycles. The number of unbranched alkanes of at least 4 members (excludes halogenated alkanes) is 1. The summed E-state index contributed by atoms with van der Waals surface area (Å²) < 4.78 is 0. The van der Waals surface area contributed by atoms with E-state index >= 15 is 0 Å². The molecule has 0 radical (unpaired) electrons. The van der Waals surface area contributed by atoms with Gasteiger partial charge in [-0.3, -0.25) is 9.59 Å². The van der Waals surface area contributed by atoms with Gasteiger partial charge in [0.25, 0.3) is 0 Å². The molecule has 1 amide bonds. The second kappa shape index (κ2) is 7.58. The second-order valence-corrected chi connectivity index (χ2v) is 2.95. The van der Waals surface area contributed by atoms with Gasteiger partial charge in [0.15, 0.2) is 0 Å². The number of carbonyl (C=O) groups excluding carboxylic acids is 1. The number of hydrogen-bond acceptors (Lipinski definition) is 2. The summed E-state index contributed by atoms with van der Waals surface area (Å²) in [7, 11) is 0. The molecular formula is C9H17NO3. The highest BCUT2D eigenvalue weighted by atomic mass is 16.4. The summed E-state index contributed by atoms with van der Waals surface area (Å²) in [5.41, 5.74) is 0. The Labute approximate surface area is 78.3 Å². The molecule has 0 aliphatic heterocycles. The van der Waals surface area contributed by atoms with E-state index in [-0.39, 0.29) is 12.3 Å². The molecule has 0 bridgehead atoms. The monoisotopic (exact) mass is 187 g/mol. The van der Waals surface area contributed by atoms with E-state index in [0.717, 1.165) is 12.8 Å². The topological polar surface area (TPSA) is 66.4 Å². The lowest BCUT2D eigenvalue weighted by Crippen LogP contribution is -2.24. The van der Waals surface area contributed by atoms with Gasteiger partial charge in [0.1, 0.15) is 0 Å². The van der Waals surface area contributed by atoms with Crippen LogP contribution in [-0.4, -0.2) is 23.5 Å². The third kappa shape index (κ3) is 8.85. The SMILES string of the molecule is CCCCNC(=O)CCCC(=O)O. The highest BCUT2D eigenvalue weighted by Crippen LogP contribution is 1.95. The van der Waals surface area contributed by atoms with Crippen LogP contribution >= 0.6 is 0 Å². The Hall–Kier alpha value is -1.06. The average molecular weight is 187 g/mol. The zero-order valence-corrected chi connectivity index (χ0v) is 8.01. The van der Waals surface area contributed by atoms with Crippen molar-refractivity contribution >= 4 is 11.9 Å². The Balaban J connectivity index is 3.25. The maximum Gasteiger partial charge on any atom is 0.303 e. The van der Waals surface area contributed by atoms with Gasteiger partial charge in [0, 0.05) is 19.4 Å². The van der Waals surface area contributed by atoms with Crippen LogP contribution in [0, 0.1) is 0 Å². The minimum absolute atomic E-state index is 0.0466. The molecule has 0 rings (SSSR count). The summed E-state index contributed by atoms with van der Waals surface area (Å²) in [5, 5.41) is 11.0. The van der Waals surface area contributed by atoms with E-state index in [9.17, 15) is 9.59 Å². The molecule has 0 aliphatic rings. The first-order chi connectivity index (χ1) is 6.16. The van der Waals surface area contributed by atoms with Crippen molar-refractivity contribution in [3.8, 4) is 0 Å². The number of hydrogen-bond donors (Lipinski definition) is 2. The number of nitrogens with one attached hydrogen (secondary N) is 1. The molecule has 0 aromatic heterocycles. The van der Waals surface area contributed by atoms with Crippen LogP contribution in [0.3, 0.4) is 0 Å². The van der Waals surface area contributed by atoms with Crippen LogP contribution in [0.15, 0.2) is 0 Å². The van der Waals surface area contributed by atoms with Crippen molar-refractivity contribution < 1.29 is 14.7 Å². The molecule has 4 heteroatoms. The molecule has 0 spiro atoms. The Morgan fingerprint density at radius 1 is 1.23 bits per heavy atom. The predicted octanol–water partition coefficient (Wildman–Crippen LogP) is 1.16. The van der Waals surface area contributed by atoms with Gasteiger partial charge in [-0.1, -0.05) is 13.3 Å². The molecule has 0 heterocycles. The zero-order valence-electron chi connectivity index (χ0n) is 8.01. The van der Waals surface area contributed by atoms with Gasteiger partial charge in [0.05, 0.1) is 0 Å². The Bertz CT molecular complexity index is 168. The Kier molecular flexibility index (Phi) is 6.96. The quantitative estimate of drug-likeness (QED) is 0.588. The fourth-order valence-electron chi connectivity index (χ4n) is 0.893. The standard InChI is InChI=1S/C9H17NO3/c1-2-3-7-10-8(11)5-4-6-9(12)13/h2-7H2,1H3,(H,10,11)(H,12,13). The van der Waals surface area contributed by atoms with Crippen LogP contribution in [0.2, 0.25) is 0 Å². The lowest BCUT2D eigenvalue weighted by atomic mass is 10.2. The van der Waals surface area contributed by atoms with E-state index in [1.807, 2.05) is 0 Å². The number of carboxylic acids is 1. The number of carboxylic acid groups (broad SMARTS) is 1. The van der Waals surface area contributed by atoms with E-state index in [1.54, 1.807) is 0 Å². The Morgan fingerprint density at radius 3 is 2.46 bits per heavy atom. The van der Waals surface area contributed by atoms with Crippen molar-refractivity contribution in [3.63, 3.8) is 0 Å². The maximum absolute atomic E-state index is 11.0. The molecule has 13 heavy (non-hydrogen) atoms. The van der Waals surface area contributed by atoms with E-state index in [4.69, 9.17) is 5.11 Å². The molecule has 0 saturated heterocycles. The lowest BCUT2D eigenvalue weighted by molar-refractivity contribution is -0.137. The fraction of sp³-hybridized carbons (Fsp3) is 0.778. The van der Waals surface area contributed by atoms with Gasteiger partial charge in [-0.15, -0.1) is 0 Å². The average Bonchev–Trinajstić information content (AvgIpc) is 2.04. The third-order valence-electron chi connectivity index (χ3n) is 1.65. The number of rotatable bonds is 7. The molecule has 0 aromatic rings. The van der Waals surface area contributed by atoms with Crippen LogP contribution in [-0.2, 0) is 9.59 Å². The van der Waals surface area contributed by atoms with Crippen molar-refractivity contribution in [2.75, 3.05) is 6.54 Å². The van der Waals surface area contributed by atoms with Gasteiger partial charge in [-0.2, -0.15) is 0 Å². The molecule has 76 valence electrons. The second-order valence-electron chi connectivity index (χ2n) is 2.95. The van der Waals surface area contributed by atoms with Gasteiger partial charge < -0.3 is 10.4 Å². The summed E-state index contributed by atoms with van der Waals surface area (Å²) in [6.45, 7) is 2.75. The molecule has 0 aromatic carbocycles. The van der Waals surface area contributed by atoms with Crippen molar-refractivity contribution in [1.82, 2.24) is 5.32 Å². The summed E-state index contributed by atoms with van der Waals surface area (Å²) in [5.74, 6) is -0.893. The largest absolute Gasteiger partial charge is 0.481 e. The minimum Gasteiger partial charge on any atom is -0.481 e. The van der Waals surface area contributed by atoms with E-state index < -0.39 is 5.97 Å². The molecule has 4 nitrogen and oxygen atoms in total. The van der Waals surface area contributed by atoms with Gasteiger partial charge in [-0.05, 0) is 12.8 Å². The summed E-state index contributed by atoms with van der Waals surface area (Å²) >= 11 is 0. The highest BCUT2D eigenvalue weighted by molar-refractivity contribution is 5.76. The van der Waals surface area contributed by atoms with Crippen LogP contribution < -0.4 is 5.32 Å². The summed E-state index contributed by atoms with van der Waals surface area (Å²) in [6.07, 6.45) is 2.84. The zero-order chi connectivity index (χ0) is 10.1. The van der Waals surface area contributed by atoms with E-state index in [1.165, 1.54) is 0 Å². The van der Waals surface area contributed by atoms with Crippen molar-refractivity contribution in [1.29, 1.82) is 0 Å². The lowest BCUT2D eigenvalue weighted by Gasteiger charge is -2.02. The fourth-order valence-corrected chi connectivity index (χ4v) is 0.893. The third-order valence-corrected chi connectivity index (χ3v) is 1.65. The predicted molar refractivity (Wildman–Crippen MR) is 49.4 cm³/mol. The maximum atomic E-state index is 11.0. The van der Waals surface area contributed by atoms with Crippen molar-refractivity contribution in [3.05, 3.63) is 0 Å². The highest BCUT2D eigenvalue weighted by Gasteiger charge is 2.02. The minimum atomic E-state index is -0.846. The van der Waals surface area contributed by atoms with Crippen molar-refractivity contribution in [2.45, 2.75) is 39.0 Å². The van der Waals surface area contributed by atoms with Crippen LogP contribution in [0.5, 0.6) is 0 Å². The smallest absolute Gasteiger partial charge is 0.303 e. The normalized spacial score (nSPS) is 9.62. The first-order valence-corrected chi connectivity index (χ1v) is 4.65. The molecule has 0 unspecified atom stereocenters. The van der Waals surface area contributed by atoms with E-state index in [2.05, 4.69) is 12.2 Å². The number of amides is 1.